The monoisotopic (exact) mass is 194 g/mol. The van der Waals surface area contributed by atoms with Crippen LogP contribution < -0.4 is 103 Å². The molecule has 0 saturated carbocycles. The number of carbonyl (C=O) groups excluding carboxylic acids is 1. The molecule has 44 valence electrons. The summed E-state index contributed by atoms with van der Waals surface area (Å²) in [5.41, 5.74) is 0. The molecule has 0 N–H and O–H groups in total. The quantitative estimate of drug-likeness (QED) is 0.281. The molecular weight excluding hydrogens is 192 g/mol. The van der Waals surface area contributed by atoms with Gasteiger partial charge < -0.3 is 24.0 Å². The number of phosphoric acid groups is 1. The summed E-state index contributed by atoms with van der Waals surface area (Å²) in [4.78, 5) is 33.6. The molecule has 5 nitrogen and oxygen atoms in total. The van der Waals surface area contributed by atoms with Gasteiger partial charge in [0.2, 0.25) is 0 Å². The predicted molar refractivity (Wildman–Crippen MR) is 14.7 cm³/mol. The molecule has 0 aliphatic heterocycles. The molecule has 0 bridgehead atoms. The van der Waals surface area contributed by atoms with Crippen LogP contribution in [0.15, 0.2) is 0 Å². The second-order valence-corrected chi connectivity index (χ2v) is 1.34. The summed E-state index contributed by atoms with van der Waals surface area (Å²) in [6.45, 7) is 2.00. The van der Waals surface area contributed by atoms with Crippen LogP contribution in [-0.2, 0) is 9.36 Å². The Morgan fingerprint density at radius 3 is 0.900 bits per heavy atom. The molecule has 0 saturated heterocycles. The minimum absolute atomic E-state index is 0. The number of hydrogen-bond donors (Lipinski definition) is 0. The first-order chi connectivity index (χ1) is 3.00. The average Bonchev–Trinajstić information content (AvgIpc) is 1.36. The molecule has 0 rings (SSSR count). The predicted octanol–water partition coefficient (Wildman–Crippen LogP) is -12.0. The van der Waals surface area contributed by atoms with E-state index in [1.807, 2.05) is 6.79 Å². The van der Waals surface area contributed by atoms with E-state index in [9.17, 15) is 0 Å². The molecule has 0 aromatic rings. The van der Waals surface area contributed by atoms with E-state index in [4.69, 9.17) is 24.0 Å². The van der Waals surface area contributed by atoms with Gasteiger partial charge in [0, 0.05) is 0 Å². The second-order valence-electron chi connectivity index (χ2n) is 0.447. The summed E-state index contributed by atoms with van der Waals surface area (Å²) >= 11 is 0. The molecule has 0 aromatic heterocycles. The minimum Gasteiger partial charge on any atom is -0.822 e. The Hall–Kier alpha value is 2.78. The van der Waals surface area contributed by atoms with Gasteiger partial charge in [-0.25, -0.2) is 0 Å². The maximum Gasteiger partial charge on any atom is 1.00 e. The SMILES string of the molecule is C=O.O=P([O-])([O-])[O-].[Na+].[Na+].[Na+]. The van der Waals surface area contributed by atoms with Crippen LogP contribution in [0.1, 0.15) is 0 Å². The van der Waals surface area contributed by atoms with Crippen molar-refractivity contribution < 1.29 is 113 Å². The van der Waals surface area contributed by atoms with Gasteiger partial charge in [-0.3, -0.25) is 0 Å². The molecule has 0 unspecified atom stereocenters. The van der Waals surface area contributed by atoms with Gasteiger partial charge in [0.15, 0.2) is 0 Å². The van der Waals surface area contributed by atoms with E-state index >= 15 is 0 Å². The van der Waals surface area contributed by atoms with Crippen molar-refractivity contribution in [2.24, 2.45) is 0 Å². The van der Waals surface area contributed by atoms with Gasteiger partial charge in [-0.05, 0) is 0 Å². The molecule has 0 radical (unpaired) electrons. The smallest absolute Gasteiger partial charge is 0.822 e. The van der Waals surface area contributed by atoms with Crippen LogP contribution >= 0.6 is 7.82 Å². The molecule has 0 heterocycles. The van der Waals surface area contributed by atoms with Gasteiger partial charge in [0.1, 0.15) is 6.79 Å². The summed E-state index contributed by atoms with van der Waals surface area (Å²) in [6.07, 6.45) is 0. The number of hydrogen-bond acceptors (Lipinski definition) is 5. The first kappa shape index (κ1) is 29.3. The Labute approximate surface area is 125 Å². The topological polar surface area (TPSA) is 103 Å². The Kier molecular flexibility index (Phi) is 52.0. The molecule has 0 amide bonds. The maximum absolute atomic E-state index is 8.55. The van der Waals surface area contributed by atoms with Gasteiger partial charge >= 0.3 is 88.7 Å². The van der Waals surface area contributed by atoms with Gasteiger partial charge in [-0.15, -0.1) is 0 Å². The molecule has 9 heteroatoms. The Morgan fingerprint density at radius 1 is 0.900 bits per heavy atom. The maximum atomic E-state index is 8.55. The van der Waals surface area contributed by atoms with Crippen molar-refractivity contribution in [2.45, 2.75) is 0 Å². The van der Waals surface area contributed by atoms with E-state index in [1.54, 1.807) is 0 Å². The fourth-order valence-electron chi connectivity index (χ4n) is 0. The van der Waals surface area contributed by atoms with Gasteiger partial charge in [0.25, 0.3) is 0 Å². The third kappa shape index (κ3) is 133. The van der Waals surface area contributed by atoms with E-state index in [1.165, 1.54) is 0 Å². The Morgan fingerprint density at radius 2 is 0.900 bits per heavy atom. The first-order valence-electron chi connectivity index (χ1n) is 1.02. The van der Waals surface area contributed by atoms with Crippen LogP contribution in [0.4, 0.5) is 0 Å². The Bertz CT molecular complexity index is 72.7. The molecular formula is CH2Na3O5P. The molecule has 0 atom stereocenters. The van der Waals surface area contributed by atoms with Crippen LogP contribution in [0.3, 0.4) is 0 Å². The summed E-state index contributed by atoms with van der Waals surface area (Å²) in [5, 5.41) is 0. The van der Waals surface area contributed by atoms with Crippen LogP contribution in [0.5, 0.6) is 0 Å². The summed E-state index contributed by atoms with van der Waals surface area (Å²) in [6, 6.07) is 0. The zero-order valence-electron chi connectivity index (χ0n) is 6.20. The molecule has 0 aliphatic carbocycles. The normalized spacial score (nSPS) is 6.30. The zero-order chi connectivity index (χ0) is 6.50. The zero-order valence-corrected chi connectivity index (χ0v) is 13.1. The third-order valence-electron chi connectivity index (χ3n) is 0. The standard InChI is InChI=1S/CH2O.3Na.H3O4P/c1-2;;;;1-5(2,3)4/h1H2;;;;(H3,1,2,3,4)/q;3*+1;/p-3. The molecule has 0 fully saturated rings. The number of carbonyl (C=O) groups is 1. The van der Waals surface area contributed by atoms with E-state index < -0.39 is 7.82 Å². The fraction of sp³-hybridized carbons (Fsp3) is 0. The Balaban J connectivity index is -0.0000000154. The van der Waals surface area contributed by atoms with Crippen molar-refractivity contribution in [3.05, 3.63) is 0 Å². The largest absolute Gasteiger partial charge is 1.00 e. The minimum atomic E-state index is -5.39. The van der Waals surface area contributed by atoms with Gasteiger partial charge in [-0.1, -0.05) is 0 Å². The van der Waals surface area contributed by atoms with Gasteiger partial charge in [-0.2, -0.15) is 7.82 Å². The van der Waals surface area contributed by atoms with E-state index in [2.05, 4.69) is 0 Å². The van der Waals surface area contributed by atoms with E-state index in [0.717, 1.165) is 0 Å². The third-order valence-corrected chi connectivity index (χ3v) is 0. The van der Waals surface area contributed by atoms with Crippen molar-refractivity contribution in [1.29, 1.82) is 0 Å². The summed E-state index contributed by atoms with van der Waals surface area (Å²) in [7, 11) is -5.39. The van der Waals surface area contributed by atoms with E-state index in [-0.39, 0.29) is 88.7 Å². The van der Waals surface area contributed by atoms with Crippen LogP contribution in [0, 0.1) is 0 Å². The van der Waals surface area contributed by atoms with Crippen molar-refractivity contribution in [3.63, 3.8) is 0 Å². The van der Waals surface area contributed by atoms with Crippen molar-refractivity contribution in [1.82, 2.24) is 0 Å². The van der Waals surface area contributed by atoms with Crippen molar-refractivity contribution in [3.8, 4) is 0 Å². The molecule has 0 aromatic carbocycles. The summed E-state index contributed by atoms with van der Waals surface area (Å²) in [5.74, 6) is 0. The average molecular weight is 194 g/mol. The number of rotatable bonds is 0. The van der Waals surface area contributed by atoms with Crippen molar-refractivity contribution >= 4 is 14.6 Å². The first-order valence-corrected chi connectivity index (χ1v) is 2.48. The van der Waals surface area contributed by atoms with Gasteiger partial charge in [0.05, 0.1) is 0 Å². The van der Waals surface area contributed by atoms with Crippen LogP contribution in [0.25, 0.3) is 0 Å². The van der Waals surface area contributed by atoms with Crippen LogP contribution in [0.2, 0.25) is 0 Å². The van der Waals surface area contributed by atoms with Crippen LogP contribution in [-0.4, -0.2) is 6.79 Å². The summed E-state index contributed by atoms with van der Waals surface area (Å²) < 4.78 is 8.55. The second kappa shape index (κ2) is 17.8. The molecule has 0 aliphatic rings. The van der Waals surface area contributed by atoms with E-state index in [0.29, 0.717) is 0 Å². The molecule has 0 spiro atoms. The van der Waals surface area contributed by atoms with Crippen molar-refractivity contribution in [2.75, 3.05) is 0 Å². The molecule has 10 heavy (non-hydrogen) atoms. The fourth-order valence-corrected chi connectivity index (χ4v) is 0.